The summed E-state index contributed by atoms with van der Waals surface area (Å²) >= 11 is 0. The van der Waals surface area contributed by atoms with Crippen molar-refractivity contribution >= 4 is 0 Å². The Kier molecular flexibility index (Phi) is 5.93. The van der Waals surface area contributed by atoms with Gasteiger partial charge in [-0.25, -0.2) is 4.98 Å². The van der Waals surface area contributed by atoms with Crippen molar-refractivity contribution in [1.82, 2.24) is 4.98 Å². The van der Waals surface area contributed by atoms with Gasteiger partial charge < -0.3 is 18.9 Å². The fourth-order valence-electron chi connectivity index (χ4n) is 2.28. The molecule has 1 atom stereocenters. The van der Waals surface area contributed by atoms with Crippen molar-refractivity contribution in [2.24, 2.45) is 0 Å². The molecule has 0 spiro atoms. The Labute approximate surface area is 153 Å². The summed E-state index contributed by atoms with van der Waals surface area (Å²) in [7, 11) is 1.63. The number of methoxy groups -OCH3 is 1. The van der Waals surface area contributed by atoms with E-state index in [2.05, 4.69) is 4.98 Å². The van der Waals surface area contributed by atoms with Gasteiger partial charge >= 0.3 is 0 Å². The van der Waals surface area contributed by atoms with Crippen LogP contribution in [0.25, 0.3) is 0 Å². The second-order valence-electron chi connectivity index (χ2n) is 5.66. The smallest absolute Gasteiger partial charge is 0.213 e. The van der Waals surface area contributed by atoms with Crippen molar-refractivity contribution in [3.05, 3.63) is 72.9 Å². The van der Waals surface area contributed by atoms with Crippen LogP contribution in [0.15, 0.2) is 72.9 Å². The van der Waals surface area contributed by atoms with Gasteiger partial charge in [-0.15, -0.1) is 0 Å². The van der Waals surface area contributed by atoms with Crippen LogP contribution in [-0.2, 0) is 0 Å². The number of benzene rings is 2. The highest BCUT2D eigenvalue weighted by molar-refractivity contribution is 5.38. The Bertz CT molecular complexity index is 806. The van der Waals surface area contributed by atoms with Gasteiger partial charge in [0.2, 0.25) is 5.88 Å². The Balaban J connectivity index is 1.51. The third-order valence-corrected chi connectivity index (χ3v) is 3.55. The van der Waals surface area contributed by atoms with E-state index in [0.29, 0.717) is 12.5 Å². The molecule has 0 bridgehead atoms. The highest BCUT2D eigenvalue weighted by Crippen LogP contribution is 2.26. The molecule has 5 heteroatoms. The topological polar surface area (TPSA) is 49.8 Å². The number of ether oxygens (including phenoxy) is 4. The van der Waals surface area contributed by atoms with Crippen molar-refractivity contribution in [3.8, 4) is 28.9 Å². The van der Waals surface area contributed by atoms with Crippen LogP contribution in [0.3, 0.4) is 0 Å². The first-order valence-electron chi connectivity index (χ1n) is 8.35. The molecule has 1 heterocycles. The van der Waals surface area contributed by atoms with E-state index in [1.807, 2.05) is 73.7 Å². The average Bonchev–Trinajstić information content (AvgIpc) is 2.68. The standard InChI is InChI=1S/C21H21NO4/c1-16(25-21-8-3-4-13-22-21)15-24-17-9-11-18(12-10-17)26-20-7-5-6-19(14-20)23-2/h3-14,16H,15H2,1-2H3. The Morgan fingerprint density at radius 3 is 2.35 bits per heavy atom. The normalized spacial score (nSPS) is 11.5. The van der Waals surface area contributed by atoms with E-state index in [1.54, 1.807) is 13.3 Å². The summed E-state index contributed by atoms with van der Waals surface area (Å²) in [5.41, 5.74) is 0. The summed E-state index contributed by atoms with van der Waals surface area (Å²) in [6.45, 7) is 2.36. The molecule has 0 saturated heterocycles. The quantitative estimate of drug-likeness (QED) is 0.587. The van der Waals surface area contributed by atoms with Gasteiger partial charge in [0.1, 0.15) is 35.7 Å². The molecular weight excluding hydrogens is 330 g/mol. The van der Waals surface area contributed by atoms with E-state index < -0.39 is 0 Å². The van der Waals surface area contributed by atoms with E-state index in [-0.39, 0.29) is 6.10 Å². The molecule has 5 nitrogen and oxygen atoms in total. The van der Waals surface area contributed by atoms with Crippen molar-refractivity contribution in [2.75, 3.05) is 13.7 Å². The molecule has 26 heavy (non-hydrogen) atoms. The molecule has 0 saturated carbocycles. The maximum atomic E-state index is 5.81. The van der Waals surface area contributed by atoms with Gasteiger partial charge in [0.15, 0.2) is 0 Å². The first-order valence-corrected chi connectivity index (χ1v) is 8.35. The zero-order valence-corrected chi connectivity index (χ0v) is 14.8. The zero-order valence-electron chi connectivity index (χ0n) is 14.8. The Morgan fingerprint density at radius 1 is 0.846 bits per heavy atom. The van der Waals surface area contributed by atoms with Crippen LogP contribution in [-0.4, -0.2) is 24.8 Å². The molecule has 0 N–H and O–H groups in total. The summed E-state index contributed by atoms with van der Waals surface area (Å²) in [6, 6.07) is 20.5. The molecule has 0 aliphatic heterocycles. The van der Waals surface area contributed by atoms with Gasteiger partial charge in [0.25, 0.3) is 0 Å². The Morgan fingerprint density at radius 2 is 1.62 bits per heavy atom. The first kappa shape index (κ1) is 17.6. The van der Waals surface area contributed by atoms with Gasteiger partial charge in [-0.3, -0.25) is 0 Å². The minimum absolute atomic E-state index is 0.113. The molecule has 3 rings (SSSR count). The number of hydrogen-bond donors (Lipinski definition) is 0. The van der Waals surface area contributed by atoms with Gasteiger partial charge in [0, 0.05) is 18.3 Å². The maximum Gasteiger partial charge on any atom is 0.213 e. The lowest BCUT2D eigenvalue weighted by molar-refractivity contribution is 0.138. The first-order chi connectivity index (χ1) is 12.7. The van der Waals surface area contributed by atoms with Crippen LogP contribution < -0.4 is 18.9 Å². The third-order valence-electron chi connectivity index (χ3n) is 3.55. The van der Waals surface area contributed by atoms with Gasteiger partial charge in [-0.05, 0) is 49.4 Å². The minimum atomic E-state index is -0.113. The molecule has 2 aromatic carbocycles. The lowest BCUT2D eigenvalue weighted by Gasteiger charge is -2.15. The van der Waals surface area contributed by atoms with Gasteiger partial charge in [-0.2, -0.15) is 0 Å². The number of aromatic nitrogens is 1. The molecule has 1 aromatic heterocycles. The summed E-state index contributed by atoms with van der Waals surface area (Å²) in [6.07, 6.45) is 1.59. The lowest BCUT2D eigenvalue weighted by Crippen LogP contribution is -2.21. The van der Waals surface area contributed by atoms with Crippen molar-refractivity contribution in [2.45, 2.75) is 13.0 Å². The maximum absolute atomic E-state index is 5.81. The summed E-state index contributed by atoms with van der Waals surface area (Å²) in [4.78, 5) is 4.13. The van der Waals surface area contributed by atoms with Gasteiger partial charge in [-0.1, -0.05) is 12.1 Å². The lowest BCUT2D eigenvalue weighted by atomic mass is 10.3. The van der Waals surface area contributed by atoms with E-state index in [1.165, 1.54) is 0 Å². The van der Waals surface area contributed by atoms with Gasteiger partial charge in [0.05, 0.1) is 7.11 Å². The van der Waals surface area contributed by atoms with E-state index >= 15 is 0 Å². The number of pyridine rings is 1. The summed E-state index contributed by atoms with van der Waals surface area (Å²) < 4.78 is 22.4. The van der Waals surface area contributed by atoms with Crippen LogP contribution in [0.4, 0.5) is 0 Å². The van der Waals surface area contributed by atoms with E-state index in [9.17, 15) is 0 Å². The second kappa shape index (κ2) is 8.76. The predicted molar refractivity (Wildman–Crippen MR) is 99.3 cm³/mol. The molecule has 0 fully saturated rings. The Hall–Kier alpha value is -3.21. The molecule has 3 aromatic rings. The van der Waals surface area contributed by atoms with Crippen LogP contribution in [0.2, 0.25) is 0 Å². The van der Waals surface area contributed by atoms with Crippen LogP contribution in [0.5, 0.6) is 28.9 Å². The fourth-order valence-corrected chi connectivity index (χ4v) is 2.28. The SMILES string of the molecule is COc1cccc(Oc2ccc(OCC(C)Oc3ccccn3)cc2)c1. The van der Waals surface area contributed by atoms with Crippen molar-refractivity contribution in [3.63, 3.8) is 0 Å². The molecule has 0 amide bonds. The molecule has 0 aliphatic carbocycles. The number of hydrogen-bond acceptors (Lipinski definition) is 5. The van der Waals surface area contributed by atoms with Crippen LogP contribution in [0.1, 0.15) is 6.92 Å². The van der Waals surface area contributed by atoms with Crippen molar-refractivity contribution in [1.29, 1.82) is 0 Å². The highest BCUT2D eigenvalue weighted by Gasteiger charge is 2.06. The predicted octanol–water partition coefficient (Wildman–Crippen LogP) is 4.73. The minimum Gasteiger partial charge on any atom is -0.497 e. The molecule has 134 valence electrons. The second-order valence-corrected chi connectivity index (χ2v) is 5.66. The molecule has 1 unspecified atom stereocenters. The summed E-state index contributed by atoms with van der Waals surface area (Å²) in [5, 5.41) is 0. The van der Waals surface area contributed by atoms with Crippen LogP contribution in [0, 0.1) is 0 Å². The van der Waals surface area contributed by atoms with Crippen LogP contribution >= 0.6 is 0 Å². The van der Waals surface area contributed by atoms with Crippen molar-refractivity contribution < 1.29 is 18.9 Å². The molecule has 0 radical (unpaired) electrons. The molecular formula is C21H21NO4. The average molecular weight is 351 g/mol. The van der Waals surface area contributed by atoms with E-state index in [0.717, 1.165) is 23.0 Å². The number of nitrogens with zero attached hydrogens (tertiary/aromatic N) is 1. The fraction of sp³-hybridized carbons (Fsp3) is 0.190. The highest BCUT2D eigenvalue weighted by atomic mass is 16.5. The number of rotatable bonds is 8. The largest absolute Gasteiger partial charge is 0.497 e. The summed E-state index contributed by atoms with van der Waals surface area (Å²) in [5.74, 6) is 3.54. The third kappa shape index (κ3) is 5.14. The molecule has 0 aliphatic rings. The zero-order chi connectivity index (χ0) is 18.2. The van der Waals surface area contributed by atoms with E-state index in [4.69, 9.17) is 18.9 Å². The monoisotopic (exact) mass is 351 g/mol.